The van der Waals surface area contributed by atoms with Gasteiger partial charge in [-0.15, -0.1) is 5.10 Å². The van der Waals surface area contributed by atoms with Crippen LogP contribution in [0.3, 0.4) is 0 Å². The van der Waals surface area contributed by atoms with Crippen LogP contribution in [0.15, 0.2) is 46.9 Å². The van der Waals surface area contributed by atoms with Crippen LogP contribution in [0.1, 0.15) is 5.56 Å². The van der Waals surface area contributed by atoms with Crippen LogP contribution in [-0.4, -0.2) is 22.4 Å². The number of benzene rings is 1. The second-order valence-electron chi connectivity index (χ2n) is 3.38. The molecule has 0 saturated carbocycles. The third-order valence-corrected chi connectivity index (χ3v) is 2.10. The van der Waals surface area contributed by atoms with Gasteiger partial charge in [0.25, 0.3) is 0 Å². The molecule has 86 valence electrons. The van der Waals surface area contributed by atoms with Gasteiger partial charge in [0, 0.05) is 11.8 Å². The van der Waals surface area contributed by atoms with Crippen molar-refractivity contribution in [3.8, 4) is 11.1 Å². The van der Waals surface area contributed by atoms with Crippen LogP contribution in [0.4, 0.5) is 0 Å². The fraction of sp³-hybridized carbons (Fsp3) is 0. The summed E-state index contributed by atoms with van der Waals surface area (Å²) in [4.78, 5) is 0. The first-order valence-electron chi connectivity index (χ1n) is 4.97. The van der Waals surface area contributed by atoms with E-state index in [-0.39, 0.29) is 5.96 Å². The van der Waals surface area contributed by atoms with Crippen molar-refractivity contribution in [3.05, 3.63) is 42.2 Å². The van der Waals surface area contributed by atoms with Gasteiger partial charge in [0.2, 0.25) is 5.96 Å². The highest BCUT2D eigenvalue weighted by Gasteiger charge is 1.98. The van der Waals surface area contributed by atoms with Crippen molar-refractivity contribution in [1.29, 1.82) is 0 Å². The van der Waals surface area contributed by atoms with E-state index in [2.05, 4.69) is 20.4 Å². The maximum atomic E-state index is 5.17. The van der Waals surface area contributed by atoms with E-state index in [1.807, 2.05) is 30.5 Å². The minimum absolute atomic E-state index is 0.0627. The Balaban J connectivity index is 2.23. The van der Waals surface area contributed by atoms with Gasteiger partial charge in [0.1, 0.15) is 0 Å². The predicted octanol–water partition coefficient (Wildman–Crippen LogP) is 0.684. The molecule has 0 radical (unpaired) electrons. The van der Waals surface area contributed by atoms with E-state index >= 15 is 0 Å². The molecule has 0 fully saturated rings. The largest absolute Gasteiger partial charge is 0.369 e. The molecule has 2 aromatic rings. The van der Waals surface area contributed by atoms with Crippen LogP contribution in [0.25, 0.3) is 11.1 Å². The van der Waals surface area contributed by atoms with Gasteiger partial charge in [-0.1, -0.05) is 18.2 Å². The smallest absolute Gasteiger partial charge is 0.211 e. The normalized spacial score (nSPS) is 10.6. The van der Waals surface area contributed by atoms with Crippen molar-refractivity contribution in [2.75, 3.05) is 0 Å². The van der Waals surface area contributed by atoms with Crippen molar-refractivity contribution in [2.24, 2.45) is 21.7 Å². The second kappa shape index (κ2) is 4.93. The van der Waals surface area contributed by atoms with Crippen molar-refractivity contribution < 1.29 is 0 Å². The number of guanidine groups is 1. The first-order valence-corrected chi connectivity index (χ1v) is 4.97. The fourth-order valence-corrected chi connectivity index (χ4v) is 1.37. The quantitative estimate of drug-likeness (QED) is 0.408. The Morgan fingerprint density at radius 2 is 2.18 bits per heavy atom. The zero-order valence-corrected chi connectivity index (χ0v) is 9.04. The molecule has 6 nitrogen and oxygen atoms in total. The summed E-state index contributed by atoms with van der Waals surface area (Å²) in [6, 6.07) is 7.80. The second-order valence-corrected chi connectivity index (χ2v) is 3.38. The number of rotatable bonds is 3. The van der Waals surface area contributed by atoms with E-state index in [0.29, 0.717) is 0 Å². The molecule has 17 heavy (non-hydrogen) atoms. The van der Waals surface area contributed by atoms with E-state index in [9.17, 15) is 0 Å². The number of aromatic amines is 1. The van der Waals surface area contributed by atoms with E-state index in [1.165, 1.54) is 0 Å². The predicted molar refractivity (Wildman–Crippen MR) is 67.4 cm³/mol. The van der Waals surface area contributed by atoms with Gasteiger partial charge >= 0.3 is 0 Å². The Morgan fingerprint density at radius 3 is 2.88 bits per heavy atom. The molecule has 0 atom stereocenters. The highest BCUT2D eigenvalue weighted by Crippen LogP contribution is 2.17. The third-order valence-electron chi connectivity index (χ3n) is 2.10. The highest BCUT2D eigenvalue weighted by molar-refractivity contribution is 5.83. The lowest BCUT2D eigenvalue weighted by Crippen LogP contribution is -2.21. The van der Waals surface area contributed by atoms with E-state index in [1.54, 1.807) is 12.4 Å². The number of H-pyrrole nitrogens is 1. The van der Waals surface area contributed by atoms with Crippen LogP contribution in [0.2, 0.25) is 0 Å². The van der Waals surface area contributed by atoms with Crippen molar-refractivity contribution >= 4 is 12.2 Å². The summed E-state index contributed by atoms with van der Waals surface area (Å²) < 4.78 is 0. The molecule has 0 saturated heterocycles. The standard InChI is InChI=1S/C11H12N6/c12-11(13)17-16-5-8-2-1-3-9(4-8)10-6-14-15-7-10/h1-7H,(H,14,15)(H4,12,13,17). The summed E-state index contributed by atoms with van der Waals surface area (Å²) in [7, 11) is 0. The summed E-state index contributed by atoms with van der Waals surface area (Å²) in [6.07, 6.45) is 5.17. The van der Waals surface area contributed by atoms with E-state index < -0.39 is 0 Å². The lowest BCUT2D eigenvalue weighted by Gasteiger charge is -1.97. The van der Waals surface area contributed by atoms with Gasteiger partial charge in [-0.25, -0.2) is 0 Å². The number of nitrogens with zero attached hydrogens (tertiary/aromatic N) is 3. The molecule has 0 unspecified atom stereocenters. The number of hydrogen-bond acceptors (Lipinski definition) is 3. The molecular formula is C11H12N6. The van der Waals surface area contributed by atoms with E-state index in [4.69, 9.17) is 11.5 Å². The first kappa shape index (κ1) is 10.9. The minimum atomic E-state index is -0.0627. The summed E-state index contributed by atoms with van der Waals surface area (Å²) in [5.41, 5.74) is 13.3. The average molecular weight is 228 g/mol. The Morgan fingerprint density at radius 1 is 1.29 bits per heavy atom. The third kappa shape index (κ3) is 2.91. The van der Waals surface area contributed by atoms with Crippen LogP contribution >= 0.6 is 0 Å². The molecule has 0 aliphatic heterocycles. The van der Waals surface area contributed by atoms with Crippen molar-refractivity contribution in [3.63, 3.8) is 0 Å². The summed E-state index contributed by atoms with van der Waals surface area (Å²) in [5.74, 6) is -0.0627. The summed E-state index contributed by atoms with van der Waals surface area (Å²) >= 11 is 0. The molecule has 0 amide bonds. The van der Waals surface area contributed by atoms with Gasteiger partial charge in [0.05, 0.1) is 12.4 Å². The van der Waals surface area contributed by atoms with Gasteiger partial charge in [-0.05, 0) is 17.2 Å². The molecule has 0 aliphatic rings. The molecule has 1 aromatic heterocycles. The maximum absolute atomic E-state index is 5.17. The number of hydrogen-bond donors (Lipinski definition) is 3. The highest BCUT2D eigenvalue weighted by atomic mass is 15.3. The Hall–Kier alpha value is -2.63. The van der Waals surface area contributed by atoms with Crippen LogP contribution in [-0.2, 0) is 0 Å². The summed E-state index contributed by atoms with van der Waals surface area (Å²) in [6.45, 7) is 0. The first-order chi connectivity index (χ1) is 8.25. The fourth-order valence-electron chi connectivity index (χ4n) is 1.37. The SMILES string of the molecule is NC(N)=NN=Cc1cccc(-c2cn[nH]c2)c1. The van der Waals surface area contributed by atoms with Gasteiger partial charge in [-0.2, -0.15) is 10.2 Å². The monoisotopic (exact) mass is 228 g/mol. The topological polar surface area (TPSA) is 105 Å². The average Bonchev–Trinajstić information content (AvgIpc) is 2.82. The molecule has 0 bridgehead atoms. The molecule has 6 heteroatoms. The minimum Gasteiger partial charge on any atom is -0.369 e. The van der Waals surface area contributed by atoms with E-state index in [0.717, 1.165) is 16.7 Å². The zero-order valence-electron chi connectivity index (χ0n) is 9.04. The van der Waals surface area contributed by atoms with Crippen LogP contribution in [0.5, 0.6) is 0 Å². The van der Waals surface area contributed by atoms with Crippen LogP contribution < -0.4 is 11.5 Å². The molecular weight excluding hydrogens is 216 g/mol. The zero-order chi connectivity index (χ0) is 12.1. The Labute approximate surface area is 98.1 Å². The Kier molecular flexibility index (Phi) is 3.15. The lowest BCUT2D eigenvalue weighted by molar-refractivity contribution is 1.09. The van der Waals surface area contributed by atoms with Gasteiger partial charge in [-0.3, -0.25) is 5.10 Å². The van der Waals surface area contributed by atoms with Crippen LogP contribution in [0, 0.1) is 0 Å². The van der Waals surface area contributed by atoms with Crippen molar-refractivity contribution in [2.45, 2.75) is 0 Å². The molecule has 0 spiro atoms. The van der Waals surface area contributed by atoms with Gasteiger partial charge in [0.15, 0.2) is 0 Å². The number of nitrogens with one attached hydrogen (secondary N) is 1. The summed E-state index contributed by atoms with van der Waals surface area (Å²) in [5, 5.41) is 14.0. The van der Waals surface area contributed by atoms with Crippen molar-refractivity contribution in [1.82, 2.24) is 10.2 Å². The molecule has 1 heterocycles. The maximum Gasteiger partial charge on any atom is 0.211 e. The molecule has 0 aliphatic carbocycles. The number of aromatic nitrogens is 2. The Bertz CT molecular complexity index is 537. The van der Waals surface area contributed by atoms with Gasteiger partial charge < -0.3 is 11.5 Å². The molecule has 2 rings (SSSR count). The lowest BCUT2D eigenvalue weighted by atomic mass is 10.1. The molecule has 1 aromatic carbocycles. The molecule has 5 N–H and O–H groups in total. The number of nitrogens with two attached hydrogens (primary N) is 2.